The van der Waals surface area contributed by atoms with Crippen molar-refractivity contribution in [1.29, 1.82) is 0 Å². The highest BCUT2D eigenvalue weighted by Gasteiger charge is 2.32. The smallest absolute Gasteiger partial charge is 0.416 e. The minimum absolute atomic E-state index is 0.0959. The number of carbonyl (C=O) groups is 1. The van der Waals surface area contributed by atoms with Gasteiger partial charge in [0.2, 0.25) is 0 Å². The summed E-state index contributed by atoms with van der Waals surface area (Å²) < 4.78 is 36.9. The van der Waals surface area contributed by atoms with E-state index in [1.807, 2.05) is 0 Å². The van der Waals surface area contributed by atoms with Gasteiger partial charge < -0.3 is 9.90 Å². The van der Waals surface area contributed by atoms with Gasteiger partial charge in [0.15, 0.2) is 0 Å². The third-order valence-electron chi connectivity index (χ3n) is 2.01. The second-order valence-corrected chi connectivity index (χ2v) is 3.57. The molecule has 0 saturated heterocycles. The molecule has 1 N–H and O–H groups in total. The van der Waals surface area contributed by atoms with Crippen molar-refractivity contribution in [2.45, 2.75) is 19.0 Å². The number of benzene rings is 1. The van der Waals surface area contributed by atoms with Gasteiger partial charge in [-0.25, -0.2) is 0 Å². The molecule has 0 bridgehead atoms. The quantitative estimate of drug-likeness (QED) is 0.839. The molecule has 0 atom stereocenters. The van der Waals surface area contributed by atoms with Gasteiger partial charge in [-0.1, -0.05) is 11.6 Å². The van der Waals surface area contributed by atoms with Crippen molar-refractivity contribution < 1.29 is 23.1 Å². The molecular formula is C10H8ClF3O2. The number of alkyl halides is 3. The number of phenolic OH excluding ortho intramolecular Hbond substituents is 1. The molecule has 6 heteroatoms. The average molecular weight is 253 g/mol. The van der Waals surface area contributed by atoms with Crippen LogP contribution in [0, 0.1) is 0 Å². The normalized spacial score (nSPS) is 11.5. The van der Waals surface area contributed by atoms with Crippen LogP contribution in [0.3, 0.4) is 0 Å². The van der Waals surface area contributed by atoms with Crippen molar-refractivity contribution in [3.8, 4) is 5.75 Å². The third-order valence-corrected chi connectivity index (χ3v) is 2.35. The summed E-state index contributed by atoms with van der Waals surface area (Å²) in [4.78, 5) is 10.1. The summed E-state index contributed by atoms with van der Waals surface area (Å²) in [7, 11) is 0. The van der Waals surface area contributed by atoms with E-state index < -0.39 is 17.5 Å². The van der Waals surface area contributed by atoms with E-state index in [2.05, 4.69) is 0 Å². The van der Waals surface area contributed by atoms with E-state index in [0.29, 0.717) is 12.4 Å². The molecule has 2 nitrogen and oxygen atoms in total. The Morgan fingerprint density at radius 1 is 1.38 bits per heavy atom. The van der Waals surface area contributed by atoms with Crippen molar-refractivity contribution in [2.75, 3.05) is 0 Å². The first-order chi connectivity index (χ1) is 7.36. The summed E-state index contributed by atoms with van der Waals surface area (Å²) >= 11 is 5.60. The second kappa shape index (κ2) is 4.74. The number of rotatable bonds is 3. The SMILES string of the molecule is O=CCCc1c(O)cc(C(F)(F)F)cc1Cl. The Balaban J connectivity index is 3.12. The number of carbonyl (C=O) groups excluding carboxylic acids is 1. The molecular weight excluding hydrogens is 245 g/mol. The predicted molar refractivity (Wildman–Crippen MR) is 52.5 cm³/mol. The van der Waals surface area contributed by atoms with Crippen LogP contribution in [0.1, 0.15) is 17.5 Å². The lowest BCUT2D eigenvalue weighted by molar-refractivity contribution is -0.137. The average Bonchev–Trinajstić information content (AvgIpc) is 2.15. The zero-order valence-corrected chi connectivity index (χ0v) is 8.77. The molecule has 0 unspecified atom stereocenters. The molecule has 1 rings (SSSR count). The van der Waals surface area contributed by atoms with Crippen molar-refractivity contribution in [3.05, 3.63) is 28.3 Å². The number of halogens is 4. The zero-order valence-electron chi connectivity index (χ0n) is 8.01. The van der Waals surface area contributed by atoms with Crippen LogP contribution >= 0.6 is 11.6 Å². The Morgan fingerprint density at radius 3 is 2.44 bits per heavy atom. The number of hydrogen-bond acceptors (Lipinski definition) is 2. The molecule has 0 radical (unpaired) electrons. The molecule has 0 saturated carbocycles. The van der Waals surface area contributed by atoms with Gasteiger partial charge in [-0.2, -0.15) is 13.2 Å². The lowest BCUT2D eigenvalue weighted by Crippen LogP contribution is -2.05. The van der Waals surface area contributed by atoms with Crippen molar-refractivity contribution >= 4 is 17.9 Å². The Hall–Kier alpha value is -1.23. The highest BCUT2D eigenvalue weighted by molar-refractivity contribution is 6.31. The van der Waals surface area contributed by atoms with E-state index in [1.54, 1.807) is 0 Å². The number of phenols is 1. The molecule has 1 aromatic rings. The van der Waals surface area contributed by atoms with Gasteiger partial charge in [0.25, 0.3) is 0 Å². The van der Waals surface area contributed by atoms with Gasteiger partial charge in [0.05, 0.1) is 5.56 Å². The van der Waals surface area contributed by atoms with Crippen LogP contribution in [-0.2, 0) is 17.4 Å². The van der Waals surface area contributed by atoms with Crippen LogP contribution in [0.5, 0.6) is 5.75 Å². The number of aromatic hydroxyl groups is 1. The number of aldehydes is 1. The Bertz CT molecular complexity index is 379. The van der Waals surface area contributed by atoms with E-state index in [4.69, 9.17) is 11.6 Å². The van der Waals surface area contributed by atoms with E-state index in [-0.39, 0.29) is 23.4 Å². The van der Waals surface area contributed by atoms with Gasteiger partial charge in [-0.15, -0.1) is 0 Å². The van der Waals surface area contributed by atoms with E-state index in [1.165, 1.54) is 0 Å². The summed E-state index contributed by atoms with van der Waals surface area (Å²) in [5.74, 6) is -0.540. The van der Waals surface area contributed by atoms with Crippen LogP contribution in [0.15, 0.2) is 12.1 Å². The van der Waals surface area contributed by atoms with E-state index >= 15 is 0 Å². The van der Waals surface area contributed by atoms with Crippen LogP contribution in [-0.4, -0.2) is 11.4 Å². The first kappa shape index (κ1) is 12.8. The van der Waals surface area contributed by atoms with Gasteiger partial charge in [0, 0.05) is 17.0 Å². The van der Waals surface area contributed by atoms with Crippen LogP contribution in [0.25, 0.3) is 0 Å². The topological polar surface area (TPSA) is 37.3 Å². The fraction of sp³-hybridized carbons (Fsp3) is 0.300. The Kier molecular flexibility index (Phi) is 3.80. The first-order valence-corrected chi connectivity index (χ1v) is 4.76. The van der Waals surface area contributed by atoms with Crippen LogP contribution in [0.2, 0.25) is 5.02 Å². The third kappa shape index (κ3) is 2.88. The maximum Gasteiger partial charge on any atom is 0.416 e. The standard InChI is InChI=1S/C10H8ClF3O2/c11-8-4-6(10(12,13)14)5-9(16)7(8)2-1-3-15/h3-5,16H,1-2H2. The minimum atomic E-state index is -4.55. The highest BCUT2D eigenvalue weighted by atomic mass is 35.5. The minimum Gasteiger partial charge on any atom is -0.508 e. The Labute approximate surface area is 94.6 Å². The lowest BCUT2D eigenvalue weighted by Gasteiger charge is -2.11. The fourth-order valence-electron chi connectivity index (χ4n) is 1.24. The van der Waals surface area contributed by atoms with E-state index in [0.717, 1.165) is 6.07 Å². The summed E-state index contributed by atoms with van der Waals surface area (Å²) in [6.07, 6.45) is -3.73. The molecule has 16 heavy (non-hydrogen) atoms. The first-order valence-electron chi connectivity index (χ1n) is 4.38. The maximum atomic E-state index is 12.3. The molecule has 0 fully saturated rings. The van der Waals surface area contributed by atoms with Crippen molar-refractivity contribution in [1.82, 2.24) is 0 Å². The van der Waals surface area contributed by atoms with E-state index in [9.17, 15) is 23.1 Å². The molecule has 0 amide bonds. The van der Waals surface area contributed by atoms with Crippen LogP contribution < -0.4 is 0 Å². The maximum absolute atomic E-state index is 12.3. The molecule has 0 spiro atoms. The largest absolute Gasteiger partial charge is 0.508 e. The van der Waals surface area contributed by atoms with Crippen LogP contribution in [0.4, 0.5) is 13.2 Å². The number of hydrogen-bond donors (Lipinski definition) is 1. The summed E-state index contributed by atoms with van der Waals surface area (Å²) in [6, 6.07) is 1.34. The highest BCUT2D eigenvalue weighted by Crippen LogP contribution is 2.36. The van der Waals surface area contributed by atoms with Gasteiger partial charge >= 0.3 is 6.18 Å². The molecule has 88 valence electrons. The summed E-state index contributed by atoms with van der Waals surface area (Å²) in [5, 5.41) is 9.18. The van der Waals surface area contributed by atoms with Crippen molar-refractivity contribution in [3.63, 3.8) is 0 Å². The molecule has 0 heterocycles. The van der Waals surface area contributed by atoms with Gasteiger partial charge in [0.1, 0.15) is 12.0 Å². The molecule has 0 aliphatic carbocycles. The molecule has 0 aliphatic heterocycles. The summed E-state index contributed by atoms with van der Waals surface area (Å²) in [5.41, 5.74) is -0.855. The summed E-state index contributed by atoms with van der Waals surface area (Å²) in [6.45, 7) is 0. The molecule has 0 aliphatic rings. The van der Waals surface area contributed by atoms with Gasteiger partial charge in [-0.3, -0.25) is 0 Å². The zero-order chi connectivity index (χ0) is 12.3. The fourth-order valence-corrected chi connectivity index (χ4v) is 1.55. The second-order valence-electron chi connectivity index (χ2n) is 3.16. The molecule has 1 aromatic carbocycles. The Morgan fingerprint density at radius 2 is 2.00 bits per heavy atom. The molecule has 0 aromatic heterocycles. The van der Waals surface area contributed by atoms with Crippen molar-refractivity contribution in [2.24, 2.45) is 0 Å². The predicted octanol–water partition coefficient (Wildman–Crippen LogP) is 3.20. The van der Waals surface area contributed by atoms with Gasteiger partial charge in [-0.05, 0) is 18.6 Å². The lowest BCUT2D eigenvalue weighted by atomic mass is 10.1. The monoisotopic (exact) mass is 252 g/mol.